The van der Waals surface area contributed by atoms with E-state index in [-0.39, 0.29) is 11.3 Å². The summed E-state index contributed by atoms with van der Waals surface area (Å²) in [5, 5.41) is 5.68. The predicted molar refractivity (Wildman–Crippen MR) is 96.2 cm³/mol. The number of hydrogen-bond donors (Lipinski definition) is 2. The van der Waals surface area contributed by atoms with Crippen LogP contribution in [-0.4, -0.2) is 48.0 Å². The number of carbonyl (C=O) groups excluding carboxylic acids is 2. The van der Waals surface area contributed by atoms with Gasteiger partial charge in [-0.25, -0.2) is 9.78 Å². The molecule has 1 aromatic heterocycles. The van der Waals surface area contributed by atoms with Crippen molar-refractivity contribution in [1.29, 1.82) is 0 Å². The zero-order chi connectivity index (χ0) is 18.4. The maximum Gasteiger partial charge on any atom is 0.321 e. The van der Waals surface area contributed by atoms with Gasteiger partial charge in [-0.15, -0.1) is 0 Å². The van der Waals surface area contributed by atoms with Gasteiger partial charge < -0.3 is 10.1 Å². The molecule has 0 saturated carbocycles. The summed E-state index contributed by atoms with van der Waals surface area (Å²) in [7, 11) is 2.94. The molecule has 0 aliphatic heterocycles. The van der Waals surface area contributed by atoms with Gasteiger partial charge in [-0.1, -0.05) is 23.4 Å². The Kier molecular flexibility index (Phi) is 6.80. The van der Waals surface area contributed by atoms with Crippen molar-refractivity contribution >= 4 is 46.2 Å². The van der Waals surface area contributed by atoms with Crippen LogP contribution in [0.3, 0.4) is 0 Å². The molecule has 0 atom stereocenters. The van der Waals surface area contributed by atoms with Gasteiger partial charge in [0.1, 0.15) is 0 Å². The molecule has 2 rings (SSSR count). The van der Waals surface area contributed by atoms with Crippen LogP contribution in [0, 0.1) is 0 Å². The van der Waals surface area contributed by atoms with Gasteiger partial charge in [0.25, 0.3) is 5.56 Å². The Morgan fingerprint density at radius 3 is 2.84 bits per heavy atom. The molecule has 0 radical (unpaired) electrons. The highest BCUT2D eigenvalue weighted by Crippen LogP contribution is 2.20. The van der Waals surface area contributed by atoms with Crippen LogP contribution in [0.4, 0.5) is 4.79 Å². The number of fused-ring (bicyclic) bond motifs is 1. The number of nitrogens with one attached hydrogen (secondary N) is 2. The maximum atomic E-state index is 12.7. The monoisotopic (exact) mass is 384 g/mol. The van der Waals surface area contributed by atoms with E-state index < -0.39 is 11.9 Å². The highest BCUT2D eigenvalue weighted by molar-refractivity contribution is 7.99. The summed E-state index contributed by atoms with van der Waals surface area (Å²) in [6.07, 6.45) is 0. The fourth-order valence-electron chi connectivity index (χ4n) is 2.02. The molecule has 25 heavy (non-hydrogen) atoms. The number of aromatic nitrogens is 2. The molecule has 1 aromatic carbocycles. The number of methoxy groups -OCH3 is 1. The zero-order valence-electron chi connectivity index (χ0n) is 13.7. The Morgan fingerprint density at radius 2 is 2.16 bits per heavy atom. The number of halogens is 1. The van der Waals surface area contributed by atoms with Gasteiger partial charge in [0, 0.05) is 19.2 Å². The topological polar surface area (TPSA) is 102 Å². The Bertz CT molecular complexity index is 855. The highest BCUT2D eigenvalue weighted by atomic mass is 35.5. The van der Waals surface area contributed by atoms with E-state index >= 15 is 0 Å². The second kappa shape index (κ2) is 8.84. The molecule has 2 aromatic rings. The van der Waals surface area contributed by atoms with Gasteiger partial charge in [-0.05, 0) is 18.2 Å². The molecule has 0 aliphatic rings. The molecule has 8 nitrogen and oxygen atoms in total. The number of ether oxygens (including phenoxy) is 1. The summed E-state index contributed by atoms with van der Waals surface area (Å²) in [5.74, 6) is -0.568. The number of amides is 3. The SMILES string of the molecule is CNC(=O)NC(=O)CSc1nc2cc(Cl)ccc2c(=O)n1CCOC. The minimum atomic E-state index is -0.597. The Hall–Kier alpha value is -2.10. The fraction of sp³-hybridized carbons (Fsp3) is 0.333. The van der Waals surface area contributed by atoms with Crippen molar-refractivity contribution < 1.29 is 14.3 Å². The van der Waals surface area contributed by atoms with Crippen molar-refractivity contribution in [1.82, 2.24) is 20.2 Å². The van der Waals surface area contributed by atoms with E-state index in [4.69, 9.17) is 16.3 Å². The van der Waals surface area contributed by atoms with Crippen LogP contribution in [0.25, 0.3) is 10.9 Å². The van der Waals surface area contributed by atoms with E-state index in [0.717, 1.165) is 11.8 Å². The van der Waals surface area contributed by atoms with Crippen LogP contribution in [0.15, 0.2) is 28.2 Å². The maximum absolute atomic E-state index is 12.7. The number of nitrogens with zero attached hydrogens (tertiary/aromatic N) is 2. The smallest absolute Gasteiger partial charge is 0.321 e. The largest absolute Gasteiger partial charge is 0.383 e. The number of hydrogen-bond acceptors (Lipinski definition) is 6. The van der Waals surface area contributed by atoms with Crippen LogP contribution in [-0.2, 0) is 16.1 Å². The Balaban J connectivity index is 2.33. The third-order valence-electron chi connectivity index (χ3n) is 3.21. The average Bonchev–Trinajstić information content (AvgIpc) is 2.58. The number of benzene rings is 1. The Labute approximate surface area is 152 Å². The second-order valence-electron chi connectivity index (χ2n) is 4.92. The number of imide groups is 1. The van der Waals surface area contributed by atoms with Gasteiger partial charge in [-0.3, -0.25) is 19.5 Å². The summed E-state index contributed by atoms with van der Waals surface area (Å²) in [5.41, 5.74) is 0.202. The zero-order valence-corrected chi connectivity index (χ0v) is 15.2. The lowest BCUT2D eigenvalue weighted by molar-refractivity contribution is -0.117. The lowest BCUT2D eigenvalue weighted by Crippen LogP contribution is -2.38. The average molecular weight is 385 g/mol. The number of carbonyl (C=O) groups is 2. The van der Waals surface area contributed by atoms with E-state index in [0.29, 0.717) is 34.2 Å². The van der Waals surface area contributed by atoms with Gasteiger partial charge in [0.2, 0.25) is 5.91 Å². The van der Waals surface area contributed by atoms with E-state index in [1.807, 2.05) is 0 Å². The number of thioether (sulfide) groups is 1. The standard InChI is InChI=1S/C15H17ClN4O4S/c1-17-14(23)19-12(21)8-25-15-18-11-7-9(16)3-4-10(11)13(22)20(15)5-6-24-2/h3-4,7H,5-6,8H2,1-2H3,(H2,17,19,21,23). The fourth-order valence-corrected chi connectivity index (χ4v) is 3.01. The van der Waals surface area contributed by atoms with Crippen LogP contribution in [0.1, 0.15) is 0 Å². The molecule has 10 heteroatoms. The second-order valence-corrected chi connectivity index (χ2v) is 6.30. The third kappa shape index (κ3) is 4.94. The first-order chi connectivity index (χ1) is 12.0. The van der Waals surface area contributed by atoms with Crippen LogP contribution < -0.4 is 16.2 Å². The summed E-state index contributed by atoms with van der Waals surface area (Å²) < 4.78 is 6.47. The van der Waals surface area contributed by atoms with Gasteiger partial charge in [0.05, 0.1) is 29.8 Å². The Morgan fingerprint density at radius 1 is 1.40 bits per heavy atom. The molecular formula is C15H17ClN4O4S. The van der Waals surface area contributed by atoms with Crippen molar-refractivity contribution in [3.8, 4) is 0 Å². The van der Waals surface area contributed by atoms with E-state index in [9.17, 15) is 14.4 Å². The minimum absolute atomic E-state index is 0.0705. The third-order valence-corrected chi connectivity index (χ3v) is 4.43. The molecule has 0 spiro atoms. The molecule has 3 amide bonds. The van der Waals surface area contributed by atoms with Crippen molar-refractivity contribution in [2.75, 3.05) is 26.5 Å². The molecule has 1 heterocycles. The summed E-state index contributed by atoms with van der Waals surface area (Å²) in [6, 6.07) is 4.23. The van der Waals surface area contributed by atoms with Crippen molar-refractivity contribution in [3.05, 3.63) is 33.6 Å². The predicted octanol–water partition coefficient (Wildman–Crippen LogP) is 1.24. The van der Waals surface area contributed by atoms with E-state index in [1.54, 1.807) is 18.2 Å². The molecular weight excluding hydrogens is 368 g/mol. The molecule has 0 fully saturated rings. The normalized spacial score (nSPS) is 10.7. The van der Waals surface area contributed by atoms with Crippen molar-refractivity contribution in [2.24, 2.45) is 0 Å². The van der Waals surface area contributed by atoms with Gasteiger partial charge >= 0.3 is 6.03 Å². The van der Waals surface area contributed by atoms with Crippen LogP contribution in [0.2, 0.25) is 5.02 Å². The first-order valence-electron chi connectivity index (χ1n) is 7.29. The van der Waals surface area contributed by atoms with Crippen LogP contribution >= 0.6 is 23.4 Å². The lowest BCUT2D eigenvalue weighted by Gasteiger charge is -2.12. The first kappa shape index (κ1) is 19.2. The number of urea groups is 1. The van der Waals surface area contributed by atoms with Gasteiger partial charge in [-0.2, -0.15) is 0 Å². The first-order valence-corrected chi connectivity index (χ1v) is 8.66. The summed E-state index contributed by atoms with van der Waals surface area (Å²) in [6.45, 7) is 0.610. The van der Waals surface area contributed by atoms with Gasteiger partial charge in [0.15, 0.2) is 5.16 Å². The summed E-state index contributed by atoms with van der Waals surface area (Å²) >= 11 is 7.02. The summed E-state index contributed by atoms with van der Waals surface area (Å²) in [4.78, 5) is 40.0. The molecule has 0 bridgehead atoms. The number of rotatable bonds is 6. The molecule has 0 unspecified atom stereocenters. The lowest BCUT2D eigenvalue weighted by atomic mass is 10.2. The minimum Gasteiger partial charge on any atom is -0.383 e. The highest BCUT2D eigenvalue weighted by Gasteiger charge is 2.14. The van der Waals surface area contributed by atoms with Crippen molar-refractivity contribution in [2.45, 2.75) is 11.7 Å². The van der Waals surface area contributed by atoms with E-state index in [2.05, 4.69) is 15.6 Å². The van der Waals surface area contributed by atoms with E-state index in [1.165, 1.54) is 18.7 Å². The molecule has 0 aliphatic carbocycles. The molecule has 0 saturated heterocycles. The molecule has 2 N–H and O–H groups in total. The van der Waals surface area contributed by atoms with Crippen molar-refractivity contribution in [3.63, 3.8) is 0 Å². The quantitative estimate of drug-likeness (QED) is 0.574. The molecule has 134 valence electrons. The van der Waals surface area contributed by atoms with Crippen LogP contribution in [0.5, 0.6) is 0 Å².